The third-order valence-corrected chi connectivity index (χ3v) is 4.35. The van der Waals surface area contributed by atoms with Gasteiger partial charge in [0.2, 0.25) is 11.8 Å². The van der Waals surface area contributed by atoms with Crippen molar-refractivity contribution >= 4 is 28.9 Å². The molecule has 0 aromatic heterocycles. The van der Waals surface area contributed by atoms with Crippen molar-refractivity contribution in [1.82, 2.24) is 0 Å². The molecule has 0 bridgehead atoms. The predicted molar refractivity (Wildman–Crippen MR) is 96.2 cm³/mol. The molecule has 1 N–H and O–H groups in total. The molecule has 1 fully saturated rings. The Morgan fingerprint density at radius 3 is 2.31 bits per heavy atom. The van der Waals surface area contributed by atoms with Crippen LogP contribution >= 0.6 is 0 Å². The second-order valence-corrected chi connectivity index (χ2v) is 6.41. The summed E-state index contributed by atoms with van der Waals surface area (Å²) in [6, 6.07) is 10.6. The molecule has 2 amide bonds. The number of rotatable bonds is 4. The van der Waals surface area contributed by atoms with Gasteiger partial charge in [-0.2, -0.15) is 0 Å². The molecule has 2 aromatic rings. The standard InChI is InChI=1S/C19H19F2N3O2/c1-23(2)14-8-6-13(7-9-14)22-19(26)12-10-17(25)24(11-12)18-15(20)4-3-5-16(18)21/h3-9,12H,10-11H2,1-2H3,(H,22,26). The lowest BCUT2D eigenvalue weighted by molar-refractivity contribution is -0.122. The van der Waals surface area contributed by atoms with Crippen LogP contribution in [0.1, 0.15) is 6.42 Å². The molecule has 1 aliphatic rings. The lowest BCUT2D eigenvalue weighted by Crippen LogP contribution is -2.29. The van der Waals surface area contributed by atoms with Crippen molar-refractivity contribution in [3.05, 3.63) is 54.1 Å². The van der Waals surface area contributed by atoms with Gasteiger partial charge in [0.1, 0.15) is 17.3 Å². The van der Waals surface area contributed by atoms with Crippen LogP contribution in [0.25, 0.3) is 0 Å². The number of para-hydroxylation sites is 1. The minimum Gasteiger partial charge on any atom is -0.378 e. The number of carbonyl (C=O) groups excluding carboxylic acids is 2. The second kappa shape index (κ2) is 7.11. The summed E-state index contributed by atoms with van der Waals surface area (Å²) in [6.45, 7) is -0.0572. The molecular weight excluding hydrogens is 340 g/mol. The van der Waals surface area contributed by atoms with E-state index in [9.17, 15) is 18.4 Å². The van der Waals surface area contributed by atoms with E-state index in [0.717, 1.165) is 22.7 Å². The van der Waals surface area contributed by atoms with Crippen molar-refractivity contribution < 1.29 is 18.4 Å². The summed E-state index contributed by atoms with van der Waals surface area (Å²) in [6.07, 6.45) is -0.0879. The highest BCUT2D eigenvalue weighted by molar-refractivity contribution is 6.03. The van der Waals surface area contributed by atoms with E-state index in [-0.39, 0.29) is 18.9 Å². The molecule has 0 aliphatic carbocycles. The van der Waals surface area contributed by atoms with Crippen molar-refractivity contribution in [3.63, 3.8) is 0 Å². The average Bonchev–Trinajstić information content (AvgIpc) is 2.97. The normalized spacial score (nSPS) is 16.7. The van der Waals surface area contributed by atoms with Gasteiger partial charge < -0.3 is 15.1 Å². The Labute approximate surface area is 150 Å². The third-order valence-electron chi connectivity index (χ3n) is 4.35. The fourth-order valence-corrected chi connectivity index (χ4v) is 2.93. The molecule has 5 nitrogen and oxygen atoms in total. The first-order chi connectivity index (χ1) is 12.4. The van der Waals surface area contributed by atoms with Crippen LogP contribution in [0.15, 0.2) is 42.5 Å². The Morgan fingerprint density at radius 2 is 1.73 bits per heavy atom. The highest BCUT2D eigenvalue weighted by Crippen LogP contribution is 2.30. The molecule has 0 radical (unpaired) electrons. The van der Waals surface area contributed by atoms with Gasteiger partial charge in [-0.25, -0.2) is 8.78 Å². The average molecular weight is 359 g/mol. The van der Waals surface area contributed by atoms with Crippen molar-refractivity contribution in [2.75, 3.05) is 35.8 Å². The second-order valence-electron chi connectivity index (χ2n) is 6.41. The van der Waals surface area contributed by atoms with Gasteiger partial charge in [0.05, 0.1) is 5.92 Å². The minimum atomic E-state index is -0.821. The molecule has 1 aliphatic heterocycles. The molecular formula is C19H19F2N3O2. The van der Waals surface area contributed by atoms with E-state index in [1.54, 1.807) is 12.1 Å². The smallest absolute Gasteiger partial charge is 0.229 e. The fourth-order valence-electron chi connectivity index (χ4n) is 2.93. The van der Waals surface area contributed by atoms with Gasteiger partial charge >= 0.3 is 0 Å². The quantitative estimate of drug-likeness (QED) is 0.913. The summed E-state index contributed by atoms with van der Waals surface area (Å²) in [5.74, 6) is -3.14. The summed E-state index contributed by atoms with van der Waals surface area (Å²) < 4.78 is 27.8. The van der Waals surface area contributed by atoms with Crippen molar-refractivity contribution in [3.8, 4) is 0 Å². The number of carbonyl (C=O) groups is 2. The summed E-state index contributed by atoms with van der Waals surface area (Å²) in [5.41, 5.74) is 1.19. The first-order valence-electron chi connectivity index (χ1n) is 8.19. The predicted octanol–water partition coefficient (Wildman–Crippen LogP) is 3.02. The van der Waals surface area contributed by atoms with E-state index < -0.39 is 29.1 Å². The van der Waals surface area contributed by atoms with E-state index in [4.69, 9.17) is 0 Å². The Balaban J connectivity index is 1.71. The van der Waals surface area contributed by atoms with Gasteiger partial charge in [0.15, 0.2) is 0 Å². The van der Waals surface area contributed by atoms with Crippen molar-refractivity contribution in [2.24, 2.45) is 5.92 Å². The summed E-state index contributed by atoms with van der Waals surface area (Å²) in [4.78, 5) is 27.5. The largest absolute Gasteiger partial charge is 0.378 e. The van der Waals surface area contributed by atoms with Crippen LogP contribution in [0.4, 0.5) is 25.8 Å². The van der Waals surface area contributed by atoms with E-state index in [2.05, 4.69) is 5.32 Å². The molecule has 136 valence electrons. The zero-order valence-corrected chi connectivity index (χ0v) is 14.5. The summed E-state index contributed by atoms with van der Waals surface area (Å²) in [7, 11) is 3.82. The molecule has 1 unspecified atom stereocenters. The summed E-state index contributed by atoms with van der Waals surface area (Å²) in [5, 5.41) is 2.75. The van der Waals surface area contributed by atoms with E-state index >= 15 is 0 Å². The number of nitrogens with one attached hydrogen (secondary N) is 1. The van der Waals surface area contributed by atoms with Gasteiger partial charge in [-0.05, 0) is 36.4 Å². The number of benzene rings is 2. The summed E-state index contributed by atoms with van der Waals surface area (Å²) >= 11 is 0. The van der Waals surface area contributed by atoms with Gasteiger partial charge in [-0.3, -0.25) is 9.59 Å². The monoisotopic (exact) mass is 359 g/mol. The first kappa shape index (κ1) is 17.8. The van der Waals surface area contributed by atoms with Crippen LogP contribution in [0.2, 0.25) is 0 Å². The van der Waals surface area contributed by atoms with Crippen LogP contribution < -0.4 is 15.1 Å². The molecule has 0 saturated carbocycles. The molecule has 26 heavy (non-hydrogen) atoms. The maximum Gasteiger partial charge on any atom is 0.229 e. The zero-order chi connectivity index (χ0) is 18.8. The van der Waals surface area contributed by atoms with Gasteiger partial charge in [0.25, 0.3) is 0 Å². The van der Waals surface area contributed by atoms with Crippen LogP contribution in [-0.4, -0.2) is 32.5 Å². The van der Waals surface area contributed by atoms with Crippen LogP contribution in [0.5, 0.6) is 0 Å². The molecule has 3 rings (SSSR count). The zero-order valence-electron chi connectivity index (χ0n) is 14.5. The Hall–Kier alpha value is -2.96. The minimum absolute atomic E-state index is 0.0572. The van der Waals surface area contributed by atoms with Crippen LogP contribution in [0, 0.1) is 17.6 Å². The fraction of sp³-hybridized carbons (Fsp3) is 0.263. The highest BCUT2D eigenvalue weighted by atomic mass is 19.1. The number of nitrogens with zero attached hydrogens (tertiary/aromatic N) is 2. The molecule has 7 heteroatoms. The molecule has 0 spiro atoms. The Bertz CT molecular complexity index is 817. The van der Waals surface area contributed by atoms with Crippen molar-refractivity contribution in [1.29, 1.82) is 0 Å². The van der Waals surface area contributed by atoms with Crippen molar-refractivity contribution in [2.45, 2.75) is 6.42 Å². The Morgan fingerprint density at radius 1 is 1.12 bits per heavy atom. The molecule has 1 atom stereocenters. The first-order valence-corrected chi connectivity index (χ1v) is 8.19. The number of hydrogen-bond acceptors (Lipinski definition) is 3. The lowest BCUT2D eigenvalue weighted by Gasteiger charge is -2.18. The van der Waals surface area contributed by atoms with Gasteiger partial charge in [-0.15, -0.1) is 0 Å². The SMILES string of the molecule is CN(C)c1ccc(NC(=O)C2CC(=O)N(c3c(F)cccc3F)C2)cc1. The lowest BCUT2D eigenvalue weighted by atomic mass is 10.1. The molecule has 1 saturated heterocycles. The number of anilines is 3. The maximum atomic E-state index is 13.9. The van der Waals surface area contributed by atoms with Gasteiger partial charge in [-0.1, -0.05) is 6.07 Å². The third kappa shape index (κ3) is 3.51. The topological polar surface area (TPSA) is 52.7 Å². The van der Waals surface area contributed by atoms with Gasteiger partial charge in [0, 0.05) is 38.4 Å². The van der Waals surface area contributed by atoms with E-state index in [1.165, 1.54) is 6.07 Å². The highest BCUT2D eigenvalue weighted by Gasteiger charge is 2.37. The van der Waals surface area contributed by atoms with E-state index in [0.29, 0.717) is 5.69 Å². The maximum absolute atomic E-state index is 13.9. The Kier molecular flexibility index (Phi) is 4.88. The van der Waals surface area contributed by atoms with Crippen LogP contribution in [-0.2, 0) is 9.59 Å². The van der Waals surface area contributed by atoms with Crippen LogP contribution in [0.3, 0.4) is 0 Å². The molecule has 1 heterocycles. The van der Waals surface area contributed by atoms with E-state index in [1.807, 2.05) is 31.1 Å². The number of halogens is 2. The number of hydrogen-bond donors (Lipinski definition) is 1. The number of amides is 2. The molecule has 2 aromatic carbocycles.